The van der Waals surface area contributed by atoms with E-state index in [1.807, 2.05) is 27.7 Å². The van der Waals surface area contributed by atoms with Crippen LogP contribution in [-0.4, -0.2) is 50.2 Å². The first-order chi connectivity index (χ1) is 11.8. The second-order valence-corrected chi connectivity index (χ2v) is 7.16. The predicted molar refractivity (Wildman–Crippen MR) is 95.2 cm³/mol. The number of amides is 2. The van der Waals surface area contributed by atoms with E-state index in [-0.39, 0.29) is 30.4 Å². The van der Waals surface area contributed by atoms with Crippen molar-refractivity contribution in [1.82, 2.24) is 5.32 Å². The Morgan fingerprint density at radius 3 is 2.36 bits per heavy atom. The lowest BCUT2D eigenvalue weighted by Crippen LogP contribution is -3.14. The zero-order valence-corrected chi connectivity index (χ0v) is 15.4. The zero-order chi connectivity index (χ0) is 18.4. The molecule has 0 saturated heterocycles. The maximum absolute atomic E-state index is 12.3. The molecule has 1 aromatic carbocycles. The van der Waals surface area contributed by atoms with Crippen LogP contribution in [0.5, 0.6) is 11.5 Å². The van der Waals surface area contributed by atoms with Gasteiger partial charge in [-0.2, -0.15) is 0 Å². The van der Waals surface area contributed by atoms with Crippen molar-refractivity contribution >= 4 is 17.5 Å². The molecule has 2 rings (SSSR count). The number of ether oxygens (including phenoxy) is 2. The number of quaternary nitrogens is 1. The SMILES string of the molecule is CC[NH+](CC(=O)Nc1ccc2c(c1)OCCO2)CC(=O)NC(C)(C)C. The van der Waals surface area contributed by atoms with E-state index in [0.717, 1.165) is 4.90 Å². The van der Waals surface area contributed by atoms with E-state index in [4.69, 9.17) is 9.47 Å². The minimum absolute atomic E-state index is 0.0588. The average molecular weight is 350 g/mol. The summed E-state index contributed by atoms with van der Waals surface area (Å²) in [6.45, 7) is 9.97. The lowest BCUT2D eigenvalue weighted by atomic mass is 10.1. The first kappa shape index (κ1) is 19.1. The zero-order valence-electron chi connectivity index (χ0n) is 15.4. The molecule has 0 radical (unpaired) electrons. The molecule has 0 spiro atoms. The molecule has 138 valence electrons. The molecular weight excluding hydrogens is 322 g/mol. The van der Waals surface area contributed by atoms with Crippen molar-refractivity contribution in [2.24, 2.45) is 0 Å². The number of rotatable bonds is 6. The Morgan fingerprint density at radius 2 is 1.72 bits per heavy atom. The van der Waals surface area contributed by atoms with Crippen LogP contribution in [0, 0.1) is 0 Å². The number of carbonyl (C=O) groups excluding carboxylic acids is 2. The number of hydrogen-bond donors (Lipinski definition) is 3. The summed E-state index contributed by atoms with van der Waals surface area (Å²) in [5, 5.41) is 5.77. The molecule has 0 aliphatic carbocycles. The van der Waals surface area contributed by atoms with Gasteiger partial charge in [-0.05, 0) is 39.8 Å². The topological polar surface area (TPSA) is 81.1 Å². The summed E-state index contributed by atoms with van der Waals surface area (Å²) in [7, 11) is 0. The van der Waals surface area contributed by atoms with E-state index in [1.54, 1.807) is 18.2 Å². The number of fused-ring (bicyclic) bond motifs is 1. The summed E-state index contributed by atoms with van der Waals surface area (Å²) in [6.07, 6.45) is 0. The molecule has 1 heterocycles. The normalized spacial score (nSPS) is 14.6. The van der Waals surface area contributed by atoms with Gasteiger partial charge < -0.3 is 25.0 Å². The van der Waals surface area contributed by atoms with Crippen molar-refractivity contribution in [2.75, 3.05) is 38.2 Å². The number of carbonyl (C=O) groups is 2. The standard InChI is InChI=1S/C18H27N3O4/c1-5-21(12-17(23)20-18(2,3)4)11-16(22)19-13-6-7-14-15(10-13)25-9-8-24-14/h6-7,10H,5,8-9,11-12H2,1-4H3,(H,19,22)(H,20,23)/p+1. The molecule has 3 N–H and O–H groups in total. The van der Waals surface area contributed by atoms with E-state index < -0.39 is 0 Å². The summed E-state index contributed by atoms with van der Waals surface area (Å²) < 4.78 is 11.0. The Kier molecular flexibility index (Phi) is 6.25. The summed E-state index contributed by atoms with van der Waals surface area (Å²) in [6, 6.07) is 5.32. The van der Waals surface area contributed by atoms with E-state index in [0.29, 0.717) is 36.9 Å². The van der Waals surface area contributed by atoms with E-state index in [1.165, 1.54) is 0 Å². The summed E-state index contributed by atoms with van der Waals surface area (Å²) >= 11 is 0. The van der Waals surface area contributed by atoms with Crippen LogP contribution in [0.25, 0.3) is 0 Å². The third-order valence-corrected chi connectivity index (χ3v) is 3.66. The highest BCUT2D eigenvalue weighted by Crippen LogP contribution is 2.32. The monoisotopic (exact) mass is 350 g/mol. The minimum atomic E-state index is -0.274. The Balaban J connectivity index is 1.88. The largest absolute Gasteiger partial charge is 0.486 e. The fourth-order valence-electron chi connectivity index (χ4n) is 2.56. The molecule has 1 aromatic rings. The van der Waals surface area contributed by atoms with Gasteiger partial charge in [-0.15, -0.1) is 0 Å². The van der Waals surface area contributed by atoms with Crippen LogP contribution < -0.4 is 25.0 Å². The first-order valence-corrected chi connectivity index (χ1v) is 8.61. The second-order valence-electron chi connectivity index (χ2n) is 7.16. The van der Waals surface area contributed by atoms with Crippen molar-refractivity contribution < 1.29 is 24.0 Å². The van der Waals surface area contributed by atoms with Gasteiger partial charge >= 0.3 is 0 Å². The molecule has 25 heavy (non-hydrogen) atoms. The maximum Gasteiger partial charge on any atom is 0.279 e. The van der Waals surface area contributed by atoms with Gasteiger partial charge in [-0.25, -0.2) is 0 Å². The minimum Gasteiger partial charge on any atom is -0.486 e. The van der Waals surface area contributed by atoms with Crippen molar-refractivity contribution in [2.45, 2.75) is 33.2 Å². The Bertz CT molecular complexity index is 625. The fraction of sp³-hybridized carbons (Fsp3) is 0.556. The van der Waals surface area contributed by atoms with Crippen LogP contribution in [0.3, 0.4) is 0 Å². The highest BCUT2D eigenvalue weighted by Gasteiger charge is 2.21. The number of nitrogens with one attached hydrogen (secondary N) is 3. The number of likely N-dealkylation sites (N-methyl/N-ethyl adjacent to an activating group) is 1. The lowest BCUT2D eigenvalue weighted by Gasteiger charge is -2.23. The van der Waals surface area contributed by atoms with Gasteiger partial charge in [0.25, 0.3) is 11.8 Å². The molecular formula is C18H28N3O4+. The maximum atomic E-state index is 12.3. The van der Waals surface area contributed by atoms with Gasteiger partial charge in [-0.1, -0.05) is 0 Å². The highest BCUT2D eigenvalue weighted by atomic mass is 16.6. The molecule has 0 fully saturated rings. The van der Waals surface area contributed by atoms with Gasteiger partial charge in [0.15, 0.2) is 24.6 Å². The van der Waals surface area contributed by atoms with Crippen molar-refractivity contribution in [3.8, 4) is 11.5 Å². The van der Waals surface area contributed by atoms with Crippen LogP contribution in [-0.2, 0) is 9.59 Å². The number of benzene rings is 1. The van der Waals surface area contributed by atoms with E-state index >= 15 is 0 Å². The summed E-state index contributed by atoms with van der Waals surface area (Å²) in [4.78, 5) is 25.2. The molecule has 1 aliphatic rings. The second kappa shape index (κ2) is 8.20. The quantitative estimate of drug-likeness (QED) is 0.685. The molecule has 0 saturated carbocycles. The van der Waals surface area contributed by atoms with Crippen LogP contribution in [0.15, 0.2) is 18.2 Å². The molecule has 2 amide bonds. The van der Waals surface area contributed by atoms with Crippen molar-refractivity contribution in [1.29, 1.82) is 0 Å². The molecule has 7 nitrogen and oxygen atoms in total. The van der Waals surface area contributed by atoms with Gasteiger partial charge in [0.1, 0.15) is 13.2 Å². The van der Waals surface area contributed by atoms with Crippen molar-refractivity contribution in [3.63, 3.8) is 0 Å². The van der Waals surface area contributed by atoms with Crippen LogP contribution in [0.2, 0.25) is 0 Å². The fourth-order valence-corrected chi connectivity index (χ4v) is 2.56. The Labute approximate surface area is 148 Å². The van der Waals surface area contributed by atoms with Crippen LogP contribution in [0.1, 0.15) is 27.7 Å². The molecule has 0 aromatic heterocycles. The summed E-state index contributed by atoms with van der Waals surface area (Å²) in [5.41, 5.74) is 0.382. The predicted octanol–water partition coefficient (Wildman–Crippen LogP) is 0.216. The third kappa shape index (κ3) is 6.26. The number of anilines is 1. The molecule has 1 atom stereocenters. The first-order valence-electron chi connectivity index (χ1n) is 8.61. The van der Waals surface area contributed by atoms with Crippen molar-refractivity contribution in [3.05, 3.63) is 18.2 Å². The molecule has 1 aliphatic heterocycles. The lowest BCUT2D eigenvalue weighted by molar-refractivity contribution is -0.881. The van der Waals surface area contributed by atoms with Gasteiger partial charge in [0, 0.05) is 17.3 Å². The van der Waals surface area contributed by atoms with Crippen LogP contribution >= 0.6 is 0 Å². The smallest absolute Gasteiger partial charge is 0.279 e. The Hall–Kier alpha value is -2.28. The molecule has 0 bridgehead atoms. The molecule has 7 heteroatoms. The number of hydrogen-bond acceptors (Lipinski definition) is 4. The van der Waals surface area contributed by atoms with Crippen LogP contribution in [0.4, 0.5) is 5.69 Å². The van der Waals surface area contributed by atoms with E-state index in [2.05, 4.69) is 10.6 Å². The highest BCUT2D eigenvalue weighted by molar-refractivity contribution is 5.92. The van der Waals surface area contributed by atoms with Gasteiger partial charge in [-0.3, -0.25) is 9.59 Å². The Morgan fingerprint density at radius 1 is 1.08 bits per heavy atom. The molecule has 1 unspecified atom stereocenters. The van der Waals surface area contributed by atoms with Gasteiger partial charge in [0.05, 0.1) is 6.54 Å². The van der Waals surface area contributed by atoms with Gasteiger partial charge in [0.2, 0.25) is 0 Å². The van der Waals surface area contributed by atoms with E-state index in [9.17, 15) is 9.59 Å². The summed E-state index contributed by atoms with van der Waals surface area (Å²) in [5.74, 6) is 1.12. The average Bonchev–Trinajstić information content (AvgIpc) is 2.52. The third-order valence-electron chi connectivity index (χ3n) is 3.66.